The quantitative estimate of drug-likeness (QED) is 0.716. The highest BCUT2D eigenvalue weighted by molar-refractivity contribution is 5.61. The third kappa shape index (κ3) is 1.58. The molecule has 2 aromatic heterocycles. The lowest BCUT2D eigenvalue weighted by Gasteiger charge is -2.01. The summed E-state index contributed by atoms with van der Waals surface area (Å²) in [5.41, 5.74) is 7.23. The number of anilines is 1. The van der Waals surface area contributed by atoms with Crippen LogP contribution in [-0.4, -0.2) is 14.6 Å². The summed E-state index contributed by atoms with van der Waals surface area (Å²) >= 11 is 0. The Hall–Kier alpha value is -2.50. The summed E-state index contributed by atoms with van der Waals surface area (Å²) in [5.74, 6) is -1.41. The minimum absolute atomic E-state index is 0.413. The molecule has 6 heteroatoms. The predicted molar refractivity (Wildman–Crippen MR) is 62.8 cm³/mol. The molecular weight excluding hydrogens is 238 g/mol. The van der Waals surface area contributed by atoms with Gasteiger partial charge in [0.05, 0.1) is 0 Å². The van der Waals surface area contributed by atoms with Crippen molar-refractivity contribution in [3.8, 4) is 11.4 Å². The van der Waals surface area contributed by atoms with E-state index in [0.717, 1.165) is 12.1 Å². The van der Waals surface area contributed by atoms with Crippen LogP contribution < -0.4 is 5.73 Å². The molecular formula is C12H8F2N4. The third-order valence-electron chi connectivity index (χ3n) is 2.60. The topological polar surface area (TPSA) is 56.2 Å². The Morgan fingerprint density at radius 1 is 1.00 bits per heavy atom. The molecule has 0 amide bonds. The molecule has 3 rings (SSSR count). The summed E-state index contributed by atoms with van der Waals surface area (Å²) in [7, 11) is 0. The van der Waals surface area contributed by atoms with Gasteiger partial charge < -0.3 is 5.73 Å². The molecule has 0 atom stereocenters. The van der Waals surface area contributed by atoms with Crippen molar-refractivity contribution in [2.45, 2.75) is 0 Å². The summed E-state index contributed by atoms with van der Waals surface area (Å²) in [6.45, 7) is 0. The molecule has 0 aliphatic heterocycles. The first kappa shape index (κ1) is 10.6. The molecule has 0 saturated heterocycles. The van der Waals surface area contributed by atoms with Gasteiger partial charge in [-0.3, -0.25) is 4.40 Å². The van der Waals surface area contributed by atoms with Crippen LogP contribution in [0.5, 0.6) is 0 Å². The molecule has 90 valence electrons. The molecule has 0 aliphatic carbocycles. The second-order valence-corrected chi connectivity index (χ2v) is 3.84. The van der Waals surface area contributed by atoms with Crippen LogP contribution in [0, 0.1) is 11.6 Å². The Morgan fingerprint density at radius 2 is 1.83 bits per heavy atom. The number of fused-ring (bicyclic) bond motifs is 1. The molecule has 0 bridgehead atoms. The highest BCUT2D eigenvalue weighted by Crippen LogP contribution is 2.21. The number of nitrogens with zero attached hydrogens (tertiary/aromatic N) is 3. The number of nitrogens with two attached hydrogens (primary N) is 1. The van der Waals surface area contributed by atoms with E-state index in [-0.39, 0.29) is 0 Å². The minimum Gasteiger partial charge on any atom is -0.398 e. The first-order chi connectivity index (χ1) is 8.65. The van der Waals surface area contributed by atoms with Crippen molar-refractivity contribution in [1.29, 1.82) is 0 Å². The lowest BCUT2D eigenvalue weighted by Crippen LogP contribution is -1.94. The number of pyridine rings is 1. The van der Waals surface area contributed by atoms with Gasteiger partial charge in [0, 0.05) is 17.4 Å². The monoisotopic (exact) mass is 246 g/mol. The van der Waals surface area contributed by atoms with Gasteiger partial charge >= 0.3 is 0 Å². The first-order valence-electron chi connectivity index (χ1n) is 5.21. The second kappa shape index (κ2) is 3.76. The van der Waals surface area contributed by atoms with Crippen molar-refractivity contribution in [3.63, 3.8) is 0 Å². The summed E-state index contributed by atoms with van der Waals surface area (Å²) in [5, 5.41) is 7.88. The molecule has 0 radical (unpaired) electrons. The van der Waals surface area contributed by atoms with E-state index >= 15 is 0 Å². The minimum atomic E-state index is -0.923. The molecule has 0 fully saturated rings. The molecule has 4 nitrogen and oxygen atoms in total. The number of nitrogen functional groups attached to an aromatic ring is 1. The highest BCUT2D eigenvalue weighted by atomic mass is 19.2. The smallest absolute Gasteiger partial charge is 0.168 e. The Kier molecular flexibility index (Phi) is 2.22. The van der Waals surface area contributed by atoms with E-state index < -0.39 is 11.6 Å². The van der Waals surface area contributed by atoms with E-state index in [2.05, 4.69) is 10.2 Å². The Labute approximate surface area is 101 Å². The second-order valence-electron chi connectivity index (χ2n) is 3.84. The van der Waals surface area contributed by atoms with Crippen LogP contribution in [0.3, 0.4) is 0 Å². The third-order valence-corrected chi connectivity index (χ3v) is 2.60. The van der Waals surface area contributed by atoms with E-state index in [1.807, 2.05) is 0 Å². The van der Waals surface area contributed by atoms with Crippen LogP contribution in [0.1, 0.15) is 0 Å². The van der Waals surface area contributed by atoms with Crippen LogP contribution in [0.25, 0.3) is 17.0 Å². The number of rotatable bonds is 1. The fraction of sp³-hybridized carbons (Fsp3) is 0. The summed E-state index contributed by atoms with van der Waals surface area (Å²) in [6, 6.07) is 6.97. The van der Waals surface area contributed by atoms with Gasteiger partial charge in [-0.15, -0.1) is 10.2 Å². The van der Waals surface area contributed by atoms with Crippen molar-refractivity contribution in [3.05, 3.63) is 48.2 Å². The molecule has 18 heavy (non-hydrogen) atoms. The van der Waals surface area contributed by atoms with Gasteiger partial charge in [0.25, 0.3) is 0 Å². The van der Waals surface area contributed by atoms with Crippen LogP contribution in [0.15, 0.2) is 36.5 Å². The van der Waals surface area contributed by atoms with Crippen LogP contribution >= 0.6 is 0 Å². The lowest BCUT2D eigenvalue weighted by atomic mass is 10.2. The van der Waals surface area contributed by atoms with Crippen LogP contribution in [0.4, 0.5) is 14.5 Å². The maximum Gasteiger partial charge on any atom is 0.168 e. The standard InChI is InChI=1S/C12H8F2N4/c13-9-3-1-7(5-10(9)14)12-17-16-11-4-2-8(15)6-18(11)12/h1-6H,15H2. The molecule has 3 aromatic rings. The van der Waals surface area contributed by atoms with Crippen molar-refractivity contribution in [2.75, 3.05) is 5.73 Å². The van der Waals surface area contributed by atoms with Crippen molar-refractivity contribution >= 4 is 11.3 Å². The average Bonchev–Trinajstić information content (AvgIpc) is 2.75. The van der Waals surface area contributed by atoms with Crippen LogP contribution in [0.2, 0.25) is 0 Å². The fourth-order valence-electron chi connectivity index (χ4n) is 1.74. The largest absolute Gasteiger partial charge is 0.398 e. The number of halogens is 2. The molecule has 0 spiro atoms. The van der Waals surface area contributed by atoms with E-state index in [1.165, 1.54) is 6.07 Å². The van der Waals surface area contributed by atoms with E-state index in [0.29, 0.717) is 22.7 Å². The molecule has 0 unspecified atom stereocenters. The fourth-order valence-corrected chi connectivity index (χ4v) is 1.74. The summed E-state index contributed by atoms with van der Waals surface area (Å²) in [4.78, 5) is 0. The van der Waals surface area contributed by atoms with E-state index in [9.17, 15) is 8.78 Å². The average molecular weight is 246 g/mol. The molecule has 1 aromatic carbocycles. The van der Waals surface area contributed by atoms with Gasteiger partial charge in [-0.2, -0.15) is 0 Å². The number of hydrogen-bond acceptors (Lipinski definition) is 3. The van der Waals surface area contributed by atoms with Crippen molar-refractivity contribution < 1.29 is 8.78 Å². The zero-order chi connectivity index (χ0) is 12.7. The Morgan fingerprint density at radius 3 is 2.61 bits per heavy atom. The lowest BCUT2D eigenvalue weighted by molar-refractivity contribution is 0.509. The zero-order valence-corrected chi connectivity index (χ0v) is 9.14. The maximum absolute atomic E-state index is 13.2. The van der Waals surface area contributed by atoms with Gasteiger partial charge in [-0.05, 0) is 30.3 Å². The Bertz CT molecular complexity index is 736. The van der Waals surface area contributed by atoms with Gasteiger partial charge in [0.15, 0.2) is 23.1 Å². The molecule has 2 heterocycles. The molecule has 0 aliphatic rings. The normalized spacial score (nSPS) is 11.0. The van der Waals surface area contributed by atoms with Gasteiger partial charge in [0.2, 0.25) is 0 Å². The van der Waals surface area contributed by atoms with E-state index in [1.54, 1.807) is 22.7 Å². The summed E-state index contributed by atoms with van der Waals surface area (Å²) in [6.07, 6.45) is 1.63. The van der Waals surface area contributed by atoms with Gasteiger partial charge in [-0.25, -0.2) is 8.78 Å². The number of aromatic nitrogens is 3. The zero-order valence-electron chi connectivity index (χ0n) is 9.14. The summed E-state index contributed by atoms with van der Waals surface area (Å²) < 4.78 is 27.7. The Balaban J connectivity index is 2.24. The van der Waals surface area contributed by atoms with Gasteiger partial charge in [0.1, 0.15) is 0 Å². The van der Waals surface area contributed by atoms with Gasteiger partial charge in [-0.1, -0.05) is 0 Å². The molecule has 0 saturated carbocycles. The van der Waals surface area contributed by atoms with E-state index in [4.69, 9.17) is 5.73 Å². The maximum atomic E-state index is 13.2. The number of benzene rings is 1. The SMILES string of the molecule is Nc1ccc2nnc(-c3ccc(F)c(F)c3)n2c1. The van der Waals surface area contributed by atoms with Crippen LogP contribution in [-0.2, 0) is 0 Å². The highest BCUT2D eigenvalue weighted by Gasteiger charge is 2.10. The number of hydrogen-bond donors (Lipinski definition) is 1. The predicted octanol–water partition coefficient (Wildman–Crippen LogP) is 2.26. The van der Waals surface area contributed by atoms with Crippen molar-refractivity contribution in [2.24, 2.45) is 0 Å². The first-order valence-corrected chi connectivity index (χ1v) is 5.21. The van der Waals surface area contributed by atoms with Crippen molar-refractivity contribution in [1.82, 2.24) is 14.6 Å². The molecule has 2 N–H and O–H groups in total.